The lowest BCUT2D eigenvalue weighted by Crippen LogP contribution is -2.38. The van der Waals surface area contributed by atoms with E-state index < -0.39 is 0 Å². The van der Waals surface area contributed by atoms with Crippen LogP contribution in [0.3, 0.4) is 0 Å². The van der Waals surface area contributed by atoms with Gasteiger partial charge in [0.1, 0.15) is 29.5 Å². The van der Waals surface area contributed by atoms with Crippen LogP contribution in [0.15, 0.2) is 82.1 Å². The maximum Gasteiger partial charge on any atom is 0.219 e. The van der Waals surface area contributed by atoms with Gasteiger partial charge in [-0.3, -0.25) is 15.0 Å². The topological polar surface area (TPSA) is 104 Å². The molecule has 3 aromatic carbocycles. The van der Waals surface area contributed by atoms with E-state index in [0.717, 1.165) is 92.8 Å². The van der Waals surface area contributed by atoms with Gasteiger partial charge in [-0.2, -0.15) is 0 Å². The first-order valence-electron chi connectivity index (χ1n) is 20.1. The summed E-state index contributed by atoms with van der Waals surface area (Å²) in [5.74, 6) is 2.07. The van der Waals surface area contributed by atoms with E-state index in [9.17, 15) is 9.59 Å². The number of rotatable bonds is 20. The van der Waals surface area contributed by atoms with Crippen molar-refractivity contribution in [3.05, 3.63) is 103 Å². The van der Waals surface area contributed by atoms with Crippen LogP contribution in [0.5, 0.6) is 11.5 Å². The van der Waals surface area contributed by atoms with Gasteiger partial charge in [-0.15, -0.1) is 22.7 Å². The molecule has 8 nitrogen and oxygen atoms in total. The van der Waals surface area contributed by atoms with Gasteiger partial charge < -0.3 is 23.7 Å². The third-order valence-electron chi connectivity index (χ3n) is 10.0. The van der Waals surface area contributed by atoms with Crippen molar-refractivity contribution >= 4 is 71.0 Å². The Morgan fingerprint density at radius 2 is 1.35 bits per heavy atom. The van der Waals surface area contributed by atoms with Crippen molar-refractivity contribution in [3.63, 3.8) is 0 Å². The fourth-order valence-corrected chi connectivity index (χ4v) is 9.16. The molecule has 0 spiro atoms. The van der Waals surface area contributed by atoms with Crippen LogP contribution in [0.25, 0.3) is 42.4 Å². The first-order chi connectivity index (χ1) is 27.4. The number of unbranched alkanes of at least 4 members (excludes halogenated alkanes) is 2. The second-order valence-corrected chi connectivity index (χ2v) is 17.9. The lowest BCUT2D eigenvalue weighted by molar-refractivity contribution is -0.0307. The van der Waals surface area contributed by atoms with Gasteiger partial charge in [0, 0.05) is 46.6 Å². The van der Waals surface area contributed by atoms with Gasteiger partial charge in [0.2, 0.25) is 5.90 Å². The quantitative estimate of drug-likeness (QED) is 0.0275. The molecule has 6 rings (SSSR count). The molecule has 0 saturated carbocycles. The fraction of sp³-hybridized carbons (Fsp3) is 0.426. The number of hydrogen-bond acceptors (Lipinski definition) is 10. The predicted molar refractivity (Wildman–Crippen MR) is 237 cm³/mol. The molecule has 0 fully saturated rings. The highest BCUT2D eigenvalue weighted by Crippen LogP contribution is 2.29. The lowest BCUT2D eigenvalue weighted by atomic mass is 10.00. The Balaban J connectivity index is 0.854. The lowest BCUT2D eigenvalue weighted by Gasteiger charge is -2.29. The van der Waals surface area contributed by atoms with Gasteiger partial charge in [-0.25, -0.2) is 0 Å². The number of nitrogens with one attached hydrogen (secondary N) is 1. The number of ether oxygens (including phenoxy) is 5. The van der Waals surface area contributed by atoms with Crippen molar-refractivity contribution in [2.24, 2.45) is 0 Å². The second-order valence-electron chi connectivity index (χ2n) is 15.7. The van der Waals surface area contributed by atoms with Crippen LogP contribution in [0.4, 0.5) is 0 Å². The van der Waals surface area contributed by atoms with Crippen LogP contribution in [-0.4, -0.2) is 43.5 Å². The molecule has 0 saturated heterocycles. The Hall–Kier alpha value is -4.51. The molecule has 2 aromatic heterocycles. The Kier molecular flexibility index (Phi) is 14.2. The van der Waals surface area contributed by atoms with Crippen molar-refractivity contribution in [2.75, 3.05) is 26.4 Å². The monoisotopic (exact) mass is 809 g/mol. The van der Waals surface area contributed by atoms with Crippen molar-refractivity contribution in [2.45, 2.75) is 104 Å². The zero-order valence-corrected chi connectivity index (χ0v) is 35.5. The van der Waals surface area contributed by atoms with Crippen LogP contribution in [0, 0.1) is 5.41 Å². The average Bonchev–Trinajstić information content (AvgIpc) is 3.19. The summed E-state index contributed by atoms with van der Waals surface area (Å²) in [6, 6.07) is 19.0. The van der Waals surface area contributed by atoms with Gasteiger partial charge in [-0.1, -0.05) is 31.2 Å². The smallest absolute Gasteiger partial charge is 0.219 e. The summed E-state index contributed by atoms with van der Waals surface area (Å²) >= 11 is 3.24. The Morgan fingerprint density at radius 1 is 0.719 bits per heavy atom. The van der Waals surface area contributed by atoms with E-state index in [2.05, 4.69) is 46.8 Å². The number of allylic oxidation sites excluding steroid dienone is 1. The van der Waals surface area contributed by atoms with E-state index in [0.29, 0.717) is 42.1 Å². The molecule has 1 N–H and O–H groups in total. The molecule has 10 heteroatoms. The molecule has 5 aromatic rings. The minimum absolute atomic E-state index is 0.0161. The van der Waals surface area contributed by atoms with E-state index in [-0.39, 0.29) is 34.6 Å². The average molecular weight is 810 g/mol. The first-order valence-corrected chi connectivity index (χ1v) is 21.8. The fourth-order valence-electron chi connectivity index (χ4n) is 6.99. The molecule has 0 atom stereocenters. The van der Waals surface area contributed by atoms with Gasteiger partial charge in [0.05, 0.1) is 12.2 Å². The third kappa shape index (κ3) is 11.6. The van der Waals surface area contributed by atoms with Crippen LogP contribution >= 0.6 is 22.7 Å². The molecular weight excluding hydrogens is 755 g/mol. The van der Waals surface area contributed by atoms with E-state index in [1.165, 1.54) is 0 Å². The Morgan fingerprint density at radius 3 is 2.11 bits per heavy atom. The van der Waals surface area contributed by atoms with Crippen LogP contribution in [0.2, 0.25) is 0 Å². The summed E-state index contributed by atoms with van der Waals surface area (Å²) in [5, 5.41) is 11.1. The van der Waals surface area contributed by atoms with E-state index in [1.807, 2.05) is 60.7 Å². The van der Waals surface area contributed by atoms with Crippen LogP contribution < -0.4 is 30.1 Å². The van der Waals surface area contributed by atoms with E-state index in [1.54, 1.807) is 28.7 Å². The van der Waals surface area contributed by atoms with Crippen molar-refractivity contribution < 1.29 is 23.7 Å². The molecule has 0 amide bonds. The number of fused-ring (bicyclic) bond motifs is 4. The molecule has 2 heterocycles. The maximum absolute atomic E-state index is 13.2. The molecule has 0 bridgehead atoms. The highest BCUT2D eigenvalue weighted by atomic mass is 32.1. The van der Waals surface area contributed by atoms with Gasteiger partial charge in [-0.05, 0) is 140 Å². The highest BCUT2D eigenvalue weighted by molar-refractivity contribution is 7.24. The zero-order valence-electron chi connectivity index (χ0n) is 33.9. The summed E-state index contributed by atoms with van der Waals surface area (Å²) in [5.41, 5.74) is -0.565. The van der Waals surface area contributed by atoms with Crippen LogP contribution in [-0.2, 0) is 14.2 Å². The zero-order chi connectivity index (χ0) is 40.4. The number of benzene rings is 3. The molecule has 302 valence electrons. The largest absolute Gasteiger partial charge is 0.489 e. The summed E-state index contributed by atoms with van der Waals surface area (Å²) < 4.78 is 34.3. The molecule has 0 aliphatic heterocycles. The molecule has 57 heavy (non-hydrogen) atoms. The Bertz CT molecular complexity index is 2480. The number of hydrogen-bond donors (Lipinski definition) is 1. The standard InChI is InChI=1S/C47H55NO7S2/c1-6-15-34(30-52-32-20-22-41-37(28-32)44(49)35-16-7-9-18-39(35)56-41)55-47(4,5)25-12-14-27-54-46(2,3)24-11-13-26-51-43(48)31-53-33-21-23-42-38(29-33)45(50)36-17-8-10-19-40(36)57-42/h7,9,15-23,28-29,48H,6,8,10-14,24-27,30-31H2,1-5H3/b34-15-,48-43?. The van der Waals surface area contributed by atoms with Crippen molar-refractivity contribution in [3.8, 4) is 11.5 Å². The summed E-state index contributed by atoms with van der Waals surface area (Å²) in [4.78, 5) is 26.2. The molecular formula is C47H55NO7S2. The summed E-state index contributed by atoms with van der Waals surface area (Å²) in [7, 11) is 0. The molecule has 0 unspecified atom stereocenters. The van der Waals surface area contributed by atoms with Gasteiger partial charge >= 0.3 is 0 Å². The molecule has 0 radical (unpaired) electrons. The predicted octanol–water partition coefficient (Wildman–Crippen LogP) is 10.0. The summed E-state index contributed by atoms with van der Waals surface area (Å²) in [6.45, 7) is 12.0. The van der Waals surface area contributed by atoms with Crippen molar-refractivity contribution in [1.82, 2.24) is 0 Å². The van der Waals surface area contributed by atoms with Gasteiger partial charge in [0.15, 0.2) is 17.5 Å². The van der Waals surface area contributed by atoms with E-state index >= 15 is 0 Å². The third-order valence-corrected chi connectivity index (χ3v) is 12.4. The summed E-state index contributed by atoms with van der Waals surface area (Å²) in [6.07, 6.45) is 14.3. The van der Waals surface area contributed by atoms with Crippen molar-refractivity contribution in [1.29, 1.82) is 5.41 Å². The van der Waals surface area contributed by atoms with Gasteiger partial charge in [0.25, 0.3) is 0 Å². The molecule has 1 aliphatic rings. The second kappa shape index (κ2) is 19.3. The Labute approximate surface area is 342 Å². The molecule has 1 aliphatic carbocycles. The first kappa shape index (κ1) is 42.1. The minimum Gasteiger partial charge on any atom is -0.489 e. The maximum atomic E-state index is 13.2. The van der Waals surface area contributed by atoms with E-state index in [4.69, 9.17) is 29.1 Å². The highest BCUT2D eigenvalue weighted by Gasteiger charge is 2.22. The SMILES string of the molecule is CC/C=C(/COc1ccc2sc3ccccc3c(=O)c2c1)OC(C)(C)CCCCOC(C)(C)CCCCOC(=N)COc1ccc2sc3c(c(=O)c2c1)=CCCC=3. The minimum atomic E-state index is -0.377. The van der Waals surface area contributed by atoms with Crippen LogP contribution in [0.1, 0.15) is 92.4 Å². The normalized spacial score (nSPS) is 13.2.